The third-order valence-corrected chi connectivity index (χ3v) is 5.47. The monoisotopic (exact) mass is 463 g/mol. The number of fused-ring (bicyclic) bond motifs is 1. The highest BCUT2D eigenvalue weighted by Gasteiger charge is 2.22. The van der Waals surface area contributed by atoms with Crippen molar-refractivity contribution in [2.45, 2.75) is 13.1 Å². The van der Waals surface area contributed by atoms with Gasteiger partial charge in [-0.15, -0.1) is 0 Å². The molecule has 0 aliphatic rings. The Morgan fingerprint density at radius 2 is 1.79 bits per heavy atom. The van der Waals surface area contributed by atoms with Gasteiger partial charge in [-0.1, -0.05) is 0 Å². The summed E-state index contributed by atoms with van der Waals surface area (Å²) >= 11 is 0. The molecule has 0 atom stereocenters. The van der Waals surface area contributed by atoms with E-state index in [1.807, 2.05) is 31.1 Å². The van der Waals surface area contributed by atoms with Crippen LogP contribution in [0.5, 0.6) is 11.5 Å². The standard InChI is InChI=1S/C26H26FN3O4/c1-29(2)25-19(12-17-7-9-20(27)14-22(17)28-25)15-30(16-21-6-5-11-34-21)26(31)18-8-10-23(32-3)24(13-18)33-4/h5-14H,15-16H2,1-4H3. The molecule has 0 saturated heterocycles. The first-order valence-electron chi connectivity index (χ1n) is 10.7. The average molecular weight is 464 g/mol. The minimum absolute atomic E-state index is 0.207. The molecule has 2 aromatic heterocycles. The van der Waals surface area contributed by atoms with Gasteiger partial charge in [-0.3, -0.25) is 4.79 Å². The van der Waals surface area contributed by atoms with E-state index in [1.54, 1.807) is 48.6 Å². The van der Waals surface area contributed by atoms with Crippen LogP contribution in [0.2, 0.25) is 0 Å². The van der Waals surface area contributed by atoms with Crippen LogP contribution in [0.25, 0.3) is 10.9 Å². The van der Waals surface area contributed by atoms with Crippen LogP contribution < -0.4 is 14.4 Å². The summed E-state index contributed by atoms with van der Waals surface area (Å²) in [6, 6.07) is 15.1. The fourth-order valence-electron chi connectivity index (χ4n) is 3.83. The van der Waals surface area contributed by atoms with Gasteiger partial charge in [0.15, 0.2) is 11.5 Å². The molecule has 0 saturated carbocycles. The van der Waals surface area contributed by atoms with Crippen molar-refractivity contribution in [3.63, 3.8) is 0 Å². The zero-order valence-corrected chi connectivity index (χ0v) is 19.5. The molecule has 2 aromatic carbocycles. The third-order valence-electron chi connectivity index (χ3n) is 5.47. The molecule has 4 rings (SSSR count). The molecular weight excluding hydrogens is 437 g/mol. The number of amides is 1. The van der Waals surface area contributed by atoms with Crippen LogP contribution in [-0.2, 0) is 13.1 Å². The van der Waals surface area contributed by atoms with E-state index < -0.39 is 0 Å². The van der Waals surface area contributed by atoms with Gasteiger partial charge in [0.1, 0.15) is 17.4 Å². The first-order valence-corrected chi connectivity index (χ1v) is 10.7. The van der Waals surface area contributed by atoms with Crippen molar-refractivity contribution in [3.8, 4) is 11.5 Å². The predicted molar refractivity (Wildman–Crippen MR) is 128 cm³/mol. The molecule has 4 aromatic rings. The fraction of sp³-hybridized carbons (Fsp3) is 0.231. The number of anilines is 1. The van der Waals surface area contributed by atoms with Crippen LogP contribution in [0.3, 0.4) is 0 Å². The van der Waals surface area contributed by atoms with Crippen LogP contribution >= 0.6 is 0 Å². The SMILES string of the molecule is COc1ccc(C(=O)N(Cc2ccco2)Cc2cc3ccc(F)cc3nc2N(C)C)cc1OC. The Morgan fingerprint density at radius 1 is 1.00 bits per heavy atom. The van der Waals surface area contributed by atoms with Crippen LogP contribution in [0, 0.1) is 5.82 Å². The van der Waals surface area contributed by atoms with Crippen molar-refractivity contribution in [3.05, 3.63) is 83.6 Å². The Bertz CT molecular complexity index is 1310. The van der Waals surface area contributed by atoms with E-state index in [2.05, 4.69) is 4.98 Å². The number of carbonyl (C=O) groups is 1. The second-order valence-electron chi connectivity index (χ2n) is 8.01. The quantitative estimate of drug-likeness (QED) is 0.371. The summed E-state index contributed by atoms with van der Waals surface area (Å²) in [5.41, 5.74) is 1.83. The number of carbonyl (C=O) groups excluding carboxylic acids is 1. The lowest BCUT2D eigenvalue weighted by atomic mass is 10.1. The normalized spacial score (nSPS) is 10.9. The number of halogens is 1. The highest BCUT2D eigenvalue weighted by molar-refractivity contribution is 5.95. The molecule has 0 spiro atoms. The van der Waals surface area contributed by atoms with Crippen LogP contribution in [0.1, 0.15) is 21.7 Å². The molecule has 0 aliphatic heterocycles. The van der Waals surface area contributed by atoms with Crippen LogP contribution in [-0.4, -0.2) is 44.1 Å². The fourth-order valence-corrected chi connectivity index (χ4v) is 3.83. The van der Waals surface area contributed by atoms with E-state index in [4.69, 9.17) is 13.9 Å². The van der Waals surface area contributed by atoms with Crippen LogP contribution in [0.15, 0.2) is 65.3 Å². The number of rotatable bonds is 8. The smallest absolute Gasteiger partial charge is 0.254 e. The van der Waals surface area contributed by atoms with E-state index in [9.17, 15) is 9.18 Å². The van der Waals surface area contributed by atoms with E-state index >= 15 is 0 Å². The summed E-state index contributed by atoms with van der Waals surface area (Å²) < 4.78 is 30.0. The number of furan rings is 1. The maximum atomic E-state index is 13.8. The number of methoxy groups -OCH3 is 2. The zero-order chi connectivity index (χ0) is 24.2. The molecule has 8 heteroatoms. The van der Waals surface area contributed by atoms with Crippen molar-refractivity contribution in [1.29, 1.82) is 0 Å². The Hall–Kier alpha value is -4.07. The maximum absolute atomic E-state index is 13.8. The lowest BCUT2D eigenvalue weighted by molar-refractivity contribution is 0.0717. The molecule has 0 aliphatic carbocycles. The second kappa shape index (κ2) is 9.82. The number of nitrogens with zero attached hydrogens (tertiary/aromatic N) is 3. The molecule has 0 bridgehead atoms. The molecule has 1 amide bonds. The summed E-state index contributed by atoms with van der Waals surface area (Å²) in [5, 5.41) is 0.790. The summed E-state index contributed by atoms with van der Waals surface area (Å²) in [4.78, 5) is 21.8. The van der Waals surface area contributed by atoms with E-state index in [-0.39, 0.29) is 24.8 Å². The number of hydrogen-bond donors (Lipinski definition) is 0. The van der Waals surface area contributed by atoms with Crippen molar-refractivity contribution in [2.24, 2.45) is 0 Å². The van der Waals surface area contributed by atoms with Gasteiger partial charge in [-0.25, -0.2) is 9.37 Å². The summed E-state index contributed by atoms with van der Waals surface area (Å²) in [6.07, 6.45) is 1.58. The minimum Gasteiger partial charge on any atom is -0.493 e. The van der Waals surface area contributed by atoms with Gasteiger partial charge in [-0.2, -0.15) is 0 Å². The molecule has 0 N–H and O–H groups in total. The number of ether oxygens (including phenoxy) is 2. The van der Waals surface area contributed by atoms with Crippen LogP contribution in [0.4, 0.5) is 10.2 Å². The molecule has 34 heavy (non-hydrogen) atoms. The number of hydrogen-bond acceptors (Lipinski definition) is 6. The molecule has 0 unspecified atom stereocenters. The van der Waals surface area contributed by atoms with Gasteiger partial charge in [-0.05, 0) is 48.5 Å². The minimum atomic E-state index is -0.347. The van der Waals surface area contributed by atoms with E-state index in [0.717, 1.165) is 10.9 Å². The van der Waals surface area contributed by atoms with E-state index in [0.29, 0.717) is 34.2 Å². The average Bonchev–Trinajstić information content (AvgIpc) is 3.35. The van der Waals surface area contributed by atoms with Gasteiger partial charge in [0, 0.05) is 36.7 Å². The predicted octanol–water partition coefficient (Wildman–Crippen LogP) is 4.89. The molecule has 176 valence electrons. The topological polar surface area (TPSA) is 68.0 Å². The van der Waals surface area contributed by atoms with E-state index in [1.165, 1.54) is 19.2 Å². The maximum Gasteiger partial charge on any atom is 0.254 e. The van der Waals surface area contributed by atoms with Gasteiger partial charge in [0.2, 0.25) is 0 Å². The highest BCUT2D eigenvalue weighted by Crippen LogP contribution is 2.30. The first-order chi connectivity index (χ1) is 16.4. The lowest BCUT2D eigenvalue weighted by Crippen LogP contribution is -2.31. The molecule has 2 heterocycles. The first kappa shape index (κ1) is 23.1. The number of pyridine rings is 1. The van der Waals surface area contributed by atoms with Crippen molar-refractivity contribution >= 4 is 22.6 Å². The summed E-state index contributed by atoms with van der Waals surface area (Å²) in [6.45, 7) is 0.524. The Labute approximate surface area is 197 Å². The van der Waals surface area contributed by atoms with Gasteiger partial charge in [0.25, 0.3) is 5.91 Å². The molecule has 7 nitrogen and oxygen atoms in total. The number of aromatic nitrogens is 1. The zero-order valence-electron chi connectivity index (χ0n) is 19.5. The Balaban J connectivity index is 1.75. The molecule has 0 fully saturated rings. The van der Waals surface area contributed by atoms with Crippen molar-refractivity contribution in [2.75, 3.05) is 33.2 Å². The second-order valence-corrected chi connectivity index (χ2v) is 8.01. The largest absolute Gasteiger partial charge is 0.493 e. The van der Waals surface area contributed by atoms with Gasteiger partial charge < -0.3 is 23.7 Å². The highest BCUT2D eigenvalue weighted by atomic mass is 19.1. The molecule has 0 radical (unpaired) electrons. The summed E-state index contributed by atoms with van der Waals surface area (Å²) in [7, 11) is 6.80. The Morgan fingerprint density at radius 3 is 2.47 bits per heavy atom. The number of benzene rings is 2. The molecular formula is C26H26FN3O4. The van der Waals surface area contributed by atoms with Crippen molar-refractivity contribution < 1.29 is 23.1 Å². The van der Waals surface area contributed by atoms with Gasteiger partial charge >= 0.3 is 0 Å². The Kier molecular flexibility index (Phi) is 6.67. The van der Waals surface area contributed by atoms with Gasteiger partial charge in [0.05, 0.1) is 39.1 Å². The van der Waals surface area contributed by atoms with Crippen molar-refractivity contribution in [1.82, 2.24) is 9.88 Å². The lowest BCUT2D eigenvalue weighted by Gasteiger charge is -2.25. The summed E-state index contributed by atoms with van der Waals surface area (Å²) in [5.74, 6) is 1.76. The third kappa shape index (κ3) is 4.80.